The summed E-state index contributed by atoms with van der Waals surface area (Å²) in [4.78, 5) is 32.3. The van der Waals surface area contributed by atoms with Gasteiger partial charge >= 0.3 is 0 Å². The number of nitrogens with zero attached hydrogens (tertiary/aromatic N) is 2. The van der Waals surface area contributed by atoms with Crippen molar-refractivity contribution in [3.63, 3.8) is 0 Å². The van der Waals surface area contributed by atoms with Crippen LogP contribution in [0.5, 0.6) is 0 Å². The van der Waals surface area contributed by atoms with Crippen LogP contribution in [0.15, 0.2) is 85.1 Å². The average molecular weight is 678 g/mol. The van der Waals surface area contributed by atoms with Crippen LogP contribution in [0.2, 0.25) is 0 Å². The molecule has 1 spiro atoms. The number of sulfonamides is 1. The zero-order chi connectivity index (χ0) is 32.7. The van der Waals surface area contributed by atoms with Crippen LogP contribution in [-0.4, -0.2) is 65.3 Å². The predicted molar refractivity (Wildman–Crippen MR) is 188 cm³/mol. The molecule has 1 aromatic heterocycles. The number of piperidine rings is 1. The minimum Gasteiger partial charge on any atom is -0.361 e. The Morgan fingerprint density at radius 1 is 1.02 bits per heavy atom. The molecule has 1 saturated heterocycles. The molecule has 6 rings (SSSR count). The molecule has 4 aromatic rings. The number of nitrogens with one attached hydrogen (secondary N) is 2. The van der Waals surface area contributed by atoms with Crippen LogP contribution in [0, 0.1) is 0 Å². The first-order valence-electron chi connectivity index (χ1n) is 15.9. The highest BCUT2D eigenvalue weighted by Crippen LogP contribution is 2.53. The molecule has 4 N–H and O–H groups in total. The second-order valence-corrected chi connectivity index (χ2v) is 15.5. The molecule has 2 atom stereocenters. The molecular weight excluding hydrogens is 634 g/mol. The third-order valence-electron chi connectivity index (χ3n) is 9.75. The van der Waals surface area contributed by atoms with Crippen LogP contribution < -0.4 is 11.1 Å². The van der Waals surface area contributed by atoms with Crippen LogP contribution >= 0.6 is 12.4 Å². The lowest BCUT2D eigenvalue weighted by molar-refractivity contribution is -0.138. The number of fused-ring (bicyclic) bond motifs is 3. The van der Waals surface area contributed by atoms with E-state index in [-0.39, 0.29) is 35.7 Å². The molecule has 9 nitrogen and oxygen atoms in total. The fraction of sp³-hybridized carbons (Fsp3) is 0.389. The molecule has 1 aliphatic heterocycles. The summed E-state index contributed by atoms with van der Waals surface area (Å²) in [6, 6.07) is 24.7. The van der Waals surface area contributed by atoms with E-state index in [1.807, 2.05) is 77.8 Å². The van der Waals surface area contributed by atoms with Crippen LogP contribution in [0.25, 0.3) is 10.9 Å². The summed E-state index contributed by atoms with van der Waals surface area (Å²) in [5, 5.41) is 3.97. The van der Waals surface area contributed by atoms with Crippen LogP contribution in [0.1, 0.15) is 61.4 Å². The van der Waals surface area contributed by atoms with Gasteiger partial charge in [0.15, 0.2) is 0 Å². The molecule has 0 radical (unpaired) electrons. The van der Waals surface area contributed by atoms with E-state index in [2.05, 4.69) is 22.4 Å². The predicted octanol–water partition coefficient (Wildman–Crippen LogP) is 4.82. The van der Waals surface area contributed by atoms with Crippen LogP contribution in [-0.2, 0) is 38.0 Å². The number of amides is 2. The minimum absolute atomic E-state index is 0. The second-order valence-electron chi connectivity index (χ2n) is 13.5. The summed E-state index contributed by atoms with van der Waals surface area (Å²) >= 11 is 0. The Balaban J connectivity index is 0.00000433. The number of halogens is 1. The number of H-pyrrole nitrogens is 1. The number of carbonyl (C=O) groups is 2. The van der Waals surface area contributed by atoms with E-state index in [0.717, 1.165) is 27.6 Å². The largest absolute Gasteiger partial charge is 0.361 e. The van der Waals surface area contributed by atoms with E-state index in [1.165, 1.54) is 11.8 Å². The lowest BCUT2D eigenvalue weighted by atomic mass is 9.73. The number of hydrogen-bond donors (Lipinski definition) is 3. The van der Waals surface area contributed by atoms with E-state index in [0.29, 0.717) is 45.3 Å². The van der Waals surface area contributed by atoms with Gasteiger partial charge in [-0.2, -0.15) is 4.31 Å². The molecule has 2 amide bonds. The summed E-state index contributed by atoms with van der Waals surface area (Å²) in [6.07, 6.45) is 5.58. The summed E-state index contributed by atoms with van der Waals surface area (Å²) in [5.41, 5.74) is 9.79. The Bertz CT molecular complexity index is 1850. The molecule has 1 fully saturated rings. The number of carbonyl (C=O) groups excluding carboxylic acids is 2. The standard InChI is InChI=1S/C36H43N5O4S.ClH/c1-35(2,37)34(43)39-31(21-26-23-38-30-16-10-8-13-27(26)30)33(42)40-19-17-36(18-20-40)22-32(28-14-7-9-15-29(28)36)41(46(3,44)45)24-25-11-5-4-6-12-25;/h4-16,23,31-32,38H,17-22,24,37H2,1-3H3,(H,39,43);1H/t31-,32?;/m1./s1. The van der Waals surface area contributed by atoms with Gasteiger partial charge in [0.05, 0.1) is 17.8 Å². The number of aromatic amines is 1. The molecule has 2 aliphatic rings. The van der Waals surface area contributed by atoms with Crippen molar-refractivity contribution in [3.05, 3.63) is 107 Å². The maximum atomic E-state index is 14.2. The van der Waals surface area contributed by atoms with Crippen molar-refractivity contribution >= 4 is 45.1 Å². The van der Waals surface area contributed by atoms with E-state index >= 15 is 0 Å². The van der Waals surface area contributed by atoms with Crippen molar-refractivity contribution < 1.29 is 18.0 Å². The van der Waals surface area contributed by atoms with Gasteiger partial charge in [0.25, 0.3) is 0 Å². The number of rotatable bonds is 9. The Morgan fingerprint density at radius 2 is 1.66 bits per heavy atom. The van der Waals surface area contributed by atoms with Crippen molar-refractivity contribution in [2.75, 3.05) is 19.3 Å². The van der Waals surface area contributed by atoms with Gasteiger partial charge in [0, 0.05) is 48.6 Å². The van der Waals surface area contributed by atoms with Crippen LogP contribution in [0.4, 0.5) is 0 Å². The molecule has 3 aromatic carbocycles. The average Bonchev–Trinajstić information content (AvgIpc) is 3.58. The van der Waals surface area contributed by atoms with Gasteiger partial charge in [-0.25, -0.2) is 8.42 Å². The number of hydrogen-bond acceptors (Lipinski definition) is 5. The van der Waals surface area contributed by atoms with Gasteiger partial charge in [-0.15, -0.1) is 12.4 Å². The summed E-state index contributed by atoms with van der Waals surface area (Å²) in [7, 11) is -3.53. The fourth-order valence-electron chi connectivity index (χ4n) is 7.25. The molecule has 1 unspecified atom stereocenters. The van der Waals surface area contributed by atoms with Crippen molar-refractivity contribution in [1.29, 1.82) is 0 Å². The molecule has 2 heterocycles. The van der Waals surface area contributed by atoms with Crippen molar-refractivity contribution in [2.24, 2.45) is 5.73 Å². The topological polar surface area (TPSA) is 129 Å². The molecular formula is C36H44ClN5O4S. The van der Waals surface area contributed by atoms with Crippen molar-refractivity contribution in [1.82, 2.24) is 19.5 Å². The summed E-state index contributed by atoms with van der Waals surface area (Å²) in [5.74, 6) is -0.520. The van der Waals surface area contributed by atoms with E-state index in [9.17, 15) is 18.0 Å². The molecule has 0 saturated carbocycles. The molecule has 47 heavy (non-hydrogen) atoms. The maximum Gasteiger partial charge on any atom is 0.245 e. The number of benzene rings is 3. The molecule has 11 heteroatoms. The van der Waals surface area contributed by atoms with Gasteiger partial charge < -0.3 is 20.9 Å². The highest BCUT2D eigenvalue weighted by atomic mass is 35.5. The monoisotopic (exact) mass is 677 g/mol. The number of nitrogens with two attached hydrogens (primary N) is 1. The zero-order valence-electron chi connectivity index (χ0n) is 27.1. The number of aromatic nitrogens is 1. The van der Waals surface area contributed by atoms with Gasteiger partial charge in [0.1, 0.15) is 6.04 Å². The van der Waals surface area contributed by atoms with E-state index < -0.39 is 21.6 Å². The SMILES string of the molecule is CC(C)(N)C(=O)N[C@H](Cc1c[nH]c2ccccc12)C(=O)N1CCC2(CC1)CC(N(Cc1ccccc1)S(C)(=O)=O)c1ccccc12.Cl. The van der Waals surface area contributed by atoms with E-state index in [1.54, 1.807) is 18.2 Å². The Hall–Kier alpha value is -3.70. The molecule has 250 valence electrons. The minimum atomic E-state index is -3.53. The smallest absolute Gasteiger partial charge is 0.245 e. The highest BCUT2D eigenvalue weighted by Gasteiger charge is 2.49. The Kier molecular flexibility index (Phi) is 9.89. The summed E-state index contributed by atoms with van der Waals surface area (Å²) in [6.45, 7) is 4.57. The quantitative estimate of drug-likeness (QED) is 0.234. The summed E-state index contributed by atoms with van der Waals surface area (Å²) < 4.78 is 28.1. The fourth-order valence-corrected chi connectivity index (χ4v) is 8.29. The van der Waals surface area contributed by atoms with Gasteiger partial charge in [-0.05, 0) is 61.4 Å². The van der Waals surface area contributed by atoms with Gasteiger partial charge in [-0.1, -0.05) is 72.8 Å². The zero-order valence-corrected chi connectivity index (χ0v) is 28.7. The third kappa shape index (κ3) is 7.11. The first-order chi connectivity index (χ1) is 21.9. The van der Waals surface area contributed by atoms with Crippen molar-refractivity contribution in [2.45, 2.75) is 69.1 Å². The first-order valence-corrected chi connectivity index (χ1v) is 17.7. The highest BCUT2D eigenvalue weighted by molar-refractivity contribution is 7.88. The van der Waals surface area contributed by atoms with Gasteiger partial charge in [-0.3, -0.25) is 9.59 Å². The maximum absolute atomic E-state index is 14.2. The third-order valence-corrected chi connectivity index (χ3v) is 11.0. The number of para-hydroxylation sites is 1. The Morgan fingerprint density at radius 3 is 2.34 bits per heavy atom. The molecule has 0 bridgehead atoms. The lowest BCUT2D eigenvalue weighted by Crippen LogP contribution is -2.58. The van der Waals surface area contributed by atoms with Gasteiger partial charge in [0.2, 0.25) is 21.8 Å². The van der Waals surface area contributed by atoms with Crippen LogP contribution in [0.3, 0.4) is 0 Å². The first kappa shape index (κ1) is 34.6. The van der Waals surface area contributed by atoms with E-state index in [4.69, 9.17) is 5.73 Å². The number of likely N-dealkylation sites (tertiary alicyclic amines) is 1. The molecule has 1 aliphatic carbocycles. The second kappa shape index (κ2) is 13.4. The van der Waals surface area contributed by atoms with Crippen molar-refractivity contribution in [3.8, 4) is 0 Å². The lowest BCUT2D eigenvalue weighted by Gasteiger charge is -2.42. The Labute approximate surface area is 283 Å². The normalized spacial score (nSPS) is 18.1.